The molecule has 36 heavy (non-hydrogen) atoms. The van der Waals surface area contributed by atoms with E-state index in [2.05, 4.69) is 36.9 Å². The Bertz CT molecular complexity index is 1140. The zero-order valence-corrected chi connectivity index (χ0v) is 21.6. The van der Waals surface area contributed by atoms with Crippen molar-refractivity contribution in [1.82, 2.24) is 9.80 Å². The minimum absolute atomic E-state index is 0.0447. The highest BCUT2D eigenvalue weighted by molar-refractivity contribution is 6.10. The minimum Gasteiger partial charge on any atom is -0.497 e. The van der Waals surface area contributed by atoms with Gasteiger partial charge in [0.05, 0.1) is 25.7 Å². The number of carbonyl (C=O) groups excluding carboxylic acids is 3. The maximum Gasteiger partial charge on any atom is 0.240 e. The van der Waals surface area contributed by atoms with Crippen LogP contribution in [0.15, 0.2) is 42.5 Å². The van der Waals surface area contributed by atoms with Gasteiger partial charge in [0.15, 0.2) is 0 Å². The number of rotatable bonds is 8. The molecule has 8 heteroatoms. The van der Waals surface area contributed by atoms with E-state index in [-0.39, 0.29) is 43.7 Å². The summed E-state index contributed by atoms with van der Waals surface area (Å²) in [5.74, 6) is -0.169. The summed E-state index contributed by atoms with van der Waals surface area (Å²) < 4.78 is 10.5. The second-order valence-electron chi connectivity index (χ2n) is 9.67. The molecule has 2 aromatic carbocycles. The van der Waals surface area contributed by atoms with Gasteiger partial charge in [0, 0.05) is 51.8 Å². The lowest BCUT2D eigenvalue weighted by molar-refractivity contribution is -0.143. The van der Waals surface area contributed by atoms with Crippen molar-refractivity contribution in [2.24, 2.45) is 0 Å². The molecule has 0 aromatic heterocycles. The number of anilines is 1. The van der Waals surface area contributed by atoms with Gasteiger partial charge in [-0.2, -0.15) is 0 Å². The normalized spacial score (nSPS) is 20.3. The highest BCUT2D eigenvalue weighted by atomic mass is 16.5. The number of piperazine rings is 1. The van der Waals surface area contributed by atoms with Crippen LogP contribution in [-0.4, -0.2) is 81.1 Å². The van der Waals surface area contributed by atoms with E-state index < -0.39 is 5.41 Å². The van der Waals surface area contributed by atoms with Gasteiger partial charge in [-0.1, -0.05) is 29.8 Å². The predicted octanol–water partition coefficient (Wildman–Crippen LogP) is 2.69. The molecule has 0 aliphatic carbocycles. The van der Waals surface area contributed by atoms with Crippen LogP contribution >= 0.6 is 0 Å². The van der Waals surface area contributed by atoms with E-state index >= 15 is 0 Å². The fraction of sp³-hybridized carbons (Fsp3) is 0.464. The Hall–Kier alpha value is -3.39. The third-order valence-corrected chi connectivity index (χ3v) is 7.33. The number of hydrogen-bond acceptors (Lipinski definition) is 6. The van der Waals surface area contributed by atoms with E-state index in [0.29, 0.717) is 37.5 Å². The number of benzene rings is 2. The molecule has 0 radical (unpaired) electrons. The molecule has 0 spiro atoms. The summed E-state index contributed by atoms with van der Waals surface area (Å²) in [5, 5.41) is 0. The topological polar surface area (TPSA) is 79.4 Å². The minimum atomic E-state index is -1.25. The van der Waals surface area contributed by atoms with Gasteiger partial charge in [-0.3, -0.25) is 19.3 Å². The molecule has 2 aliphatic rings. The lowest BCUT2D eigenvalue weighted by atomic mass is 9.75. The van der Waals surface area contributed by atoms with Crippen LogP contribution in [0.1, 0.15) is 29.5 Å². The molecule has 0 N–H and O–H groups in total. The first-order chi connectivity index (χ1) is 17.3. The smallest absolute Gasteiger partial charge is 0.240 e. The van der Waals surface area contributed by atoms with Gasteiger partial charge in [0.1, 0.15) is 5.75 Å². The van der Waals surface area contributed by atoms with Gasteiger partial charge in [-0.15, -0.1) is 0 Å². The standard InChI is InChI=1S/C28H35N3O5/c1-20-8-9-24(21(2)16-20)29-10-12-30(13-11-29)25(32)18-28(22-6-5-7-23(17-22)36-4)19-26(33)31(27(28)34)14-15-35-3/h5-9,16-17H,10-15,18-19H2,1-4H3/t28-/m1/s1. The predicted molar refractivity (Wildman–Crippen MR) is 137 cm³/mol. The Morgan fingerprint density at radius 2 is 1.75 bits per heavy atom. The summed E-state index contributed by atoms with van der Waals surface area (Å²) in [6.45, 7) is 7.17. The summed E-state index contributed by atoms with van der Waals surface area (Å²) in [5.41, 5.74) is 3.01. The molecular formula is C28H35N3O5. The van der Waals surface area contributed by atoms with E-state index in [4.69, 9.17) is 9.47 Å². The Kier molecular flexibility index (Phi) is 7.64. The average molecular weight is 494 g/mol. The first-order valence-corrected chi connectivity index (χ1v) is 12.4. The summed E-state index contributed by atoms with van der Waals surface area (Å²) in [7, 11) is 3.08. The first-order valence-electron chi connectivity index (χ1n) is 12.4. The Morgan fingerprint density at radius 1 is 1.00 bits per heavy atom. The maximum absolute atomic E-state index is 13.7. The molecule has 2 heterocycles. The van der Waals surface area contributed by atoms with Crippen LogP contribution in [0.4, 0.5) is 5.69 Å². The summed E-state index contributed by atoms with van der Waals surface area (Å²) in [6.07, 6.45) is -0.102. The van der Waals surface area contributed by atoms with Gasteiger partial charge in [-0.25, -0.2) is 0 Å². The molecule has 4 rings (SSSR count). The first kappa shape index (κ1) is 25.7. The average Bonchev–Trinajstić information content (AvgIpc) is 3.12. The van der Waals surface area contributed by atoms with Crippen LogP contribution in [0.25, 0.3) is 0 Å². The zero-order valence-electron chi connectivity index (χ0n) is 21.6. The van der Waals surface area contributed by atoms with Crippen LogP contribution in [0, 0.1) is 13.8 Å². The van der Waals surface area contributed by atoms with Gasteiger partial charge in [0.2, 0.25) is 17.7 Å². The number of carbonyl (C=O) groups is 3. The van der Waals surface area contributed by atoms with E-state index in [1.807, 2.05) is 4.90 Å². The largest absolute Gasteiger partial charge is 0.497 e. The summed E-state index contributed by atoms with van der Waals surface area (Å²) in [4.78, 5) is 45.6. The highest BCUT2D eigenvalue weighted by Crippen LogP contribution is 2.41. The molecule has 2 fully saturated rings. The van der Waals surface area contributed by atoms with Crippen molar-refractivity contribution >= 4 is 23.4 Å². The molecule has 3 amide bonds. The van der Waals surface area contributed by atoms with Crippen molar-refractivity contribution < 1.29 is 23.9 Å². The molecule has 8 nitrogen and oxygen atoms in total. The zero-order chi connectivity index (χ0) is 25.9. The number of ether oxygens (including phenoxy) is 2. The quantitative estimate of drug-likeness (QED) is 0.526. The van der Waals surface area contributed by atoms with E-state index in [1.54, 1.807) is 31.4 Å². The van der Waals surface area contributed by atoms with Crippen molar-refractivity contribution in [2.75, 3.05) is 58.5 Å². The molecule has 0 bridgehead atoms. The third kappa shape index (κ3) is 4.95. The number of methoxy groups -OCH3 is 2. The molecule has 192 valence electrons. The number of likely N-dealkylation sites (tertiary alicyclic amines) is 1. The second-order valence-corrected chi connectivity index (χ2v) is 9.67. The third-order valence-electron chi connectivity index (χ3n) is 7.33. The molecule has 1 atom stereocenters. The Morgan fingerprint density at radius 3 is 2.42 bits per heavy atom. The molecule has 0 saturated carbocycles. The SMILES string of the molecule is COCCN1C(=O)C[C@](CC(=O)N2CCN(c3ccc(C)cc3C)CC2)(c2cccc(OC)c2)C1=O. The van der Waals surface area contributed by atoms with Crippen LogP contribution in [0.3, 0.4) is 0 Å². The summed E-state index contributed by atoms with van der Waals surface area (Å²) >= 11 is 0. The van der Waals surface area contributed by atoms with Gasteiger partial charge in [0.25, 0.3) is 0 Å². The van der Waals surface area contributed by atoms with E-state index in [0.717, 1.165) is 0 Å². The fourth-order valence-corrected chi connectivity index (χ4v) is 5.32. The van der Waals surface area contributed by atoms with Gasteiger partial charge in [-0.05, 0) is 43.2 Å². The van der Waals surface area contributed by atoms with E-state index in [9.17, 15) is 14.4 Å². The highest BCUT2D eigenvalue weighted by Gasteiger charge is 2.54. The van der Waals surface area contributed by atoms with Crippen molar-refractivity contribution in [3.63, 3.8) is 0 Å². The van der Waals surface area contributed by atoms with Crippen molar-refractivity contribution in [3.8, 4) is 5.75 Å². The Labute approximate surface area is 212 Å². The fourth-order valence-electron chi connectivity index (χ4n) is 5.32. The van der Waals surface area contributed by atoms with Crippen LogP contribution in [0.5, 0.6) is 5.75 Å². The number of nitrogens with zero attached hydrogens (tertiary/aromatic N) is 3. The van der Waals surface area contributed by atoms with Crippen LogP contribution in [0.2, 0.25) is 0 Å². The lowest BCUT2D eigenvalue weighted by Crippen LogP contribution is -2.51. The summed E-state index contributed by atoms with van der Waals surface area (Å²) in [6, 6.07) is 13.6. The van der Waals surface area contributed by atoms with Gasteiger partial charge >= 0.3 is 0 Å². The number of aryl methyl sites for hydroxylation is 2. The van der Waals surface area contributed by atoms with E-state index in [1.165, 1.54) is 28.8 Å². The van der Waals surface area contributed by atoms with Gasteiger partial charge < -0.3 is 19.3 Å². The molecule has 2 aromatic rings. The van der Waals surface area contributed by atoms with Crippen molar-refractivity contribution in [2.45, 2.75) is 32.1 Å². The molecule has 0 unspecified atom stereocenters. The molecular weight excluding hydrogens is 458 g/mol. The van der Waals surface area contributed by atoms with Crippen LogP contribution < -0.4 is 9.64 Å². The monoisotopic (exact) mass is 493 g/mol. The lowest BCUT2D eigenvalue weighted by Gasteiger charge is -2.38. The Balaban J connectivity index is 1.54. The number of hydrogen-bond donors (Lipinski definition) is 0. The number of amides is 3. The maximum atomic E-state index is 13.7. The van der Waals surface area contributed by atoms with Crippen molar-refractivity contribution in [1.29, 1.82) is 0 Å². The molecule has 2 aliphatic heterocycles. The number of imide groups is 1. The second kappa shape index (κ2) is 10.7. The van der Waals surface area contributed by atoms with Crippen LogP contribution in [-0.2, 0) is 24.5 Å². The van der Waals surface area contributed by atoms with Crippen molar-refractivity contribution in [3.05, 3.63) is 59.2 Å². The molecule has 2 saturated heterocycles.